The average molecular weight is 325 g/mol. The number of benzene rings is 2. The van der Waals surface area contributed by atoms with E-state index in [0.29, 0.717) is 10.7 Å². The molecule has 22 heavy (non-hydrogen) atoms. The number of hydrogen-bond acceptors (Lipinski definition) is 5. The molecule has 0 aliphatic rings. The number of nitrogens with zero attached hydrogens (tertiary/aromatic N) is 1. The molecule has 114 valence electrons. The minimum absolute atomic E-state index is 0.155. The molecular weight excluding hydrogens is 315 g/mol. The monoisotopic (exact) mass is 324 g/mol. The predicted molar refractivity (Wildman–Crippen MR) is 79.1 cm³/mol. The van der Waals surface area contributed by atoms with Crippen LogP contribution in [0.2, 0.25) is 5.02 Å². The molecule has 0 radical (unpaired) electrons. The van der Waals surface area contributed by atoms with E-state index in [1.54, 1.807) is 0 Å². The zero-order valence-electron chi connectivity index (χ0n) is 11.3. The number of halogens is 2. The quantitative estimate of drug-likeness (QED) is 0.523. The van der Waals surface area contributed by atoms with Gasteiger partial charge in [0.15, 0.2) is 0 Å². The van der Waals surface area contributed by atoms with E-state index in [1.165, 1.54) is 31.4 Å². The van der Waals surface area contributed by atoms with Crippen molar-refractivity contribution in [3.05, 3.63) is 62.9 Å². The van der Waals surface area contributed by atoms with Gasteiger partial charge in [-0.2, -0.15) is 4.39 Å². The maximum Gasteiger partial charge on any atom is 0.340 e. The summed E-state index contributed by atoms with van der Waals surface area (Å²) in [5, 5.41) is 13.9. The minimum atomic E-state index is -0.945. The Morgan fingerprint density at radius 1 is 1.32 bits per heavy atom. The molecule has 0 heterocycles. The van der Waals surface area contributed by atoms with Crippen LogP contribution in [0.3, 0.4) is 0 Å². The number of esters is 1. The maximum atomic E-state index is 13.3. The zero-order valence-corrected chi connectivity index (χ0v) is 12.1. The molecule has 2 aromatic rings. The van der Waals surface area contributed by atoms with E-state index in [1.807, 2.05) is 0 Å². The van der Waals surface area contributed by atoms with Crippen molar-refractivity contribution in [1.29, 1.82) is 0 Å². The van der Waals surface area contributed by atoms with Crippen molar-refractivity contribution >= 4 is 34.6 Å². The van der Waals surface area contributed by atoms with E-state index in [0.717, 1.165) is 12.1 Å². The third kappa shape index (κ3) is 3.32. The first kappa shape index (κ1) is 15.7. The van der Waals surface area contributed by atoms with Gasteiger partial charge in [-0.3, -0.25) is 10.1 Å². The second-order valence-corrected chi connectivity index (χ2v) is 4.67. The normalized spacial score (nSPS) is 10.1. The first-order valence-electron chi connectivity index (χ1n) is 6.01. The molecule has 0 aliphatic heterocycles. The molecule has 0 amide bonds. The lowest BCUT2D eigenvalue weighted by Gasteiger charge is -2.11. The highest BCUT2D eigenvalue weighted by atomic mass is 35.5. The van der Waals surface area contributed by atoms with Crippen LogP contribution in [0.5, 0.6) is 0 Å². The summed E-state index contributed by atoms with van der Waals surface area (Å²) in [6.45, 7) is 0. The topological polar surface area (TPSA) is 81.5 Å². The lowest BCUT2D eigenvalue weighted by Crippen LogP contribution is -2.06. The molecule has 2 aromatic carbocycles. The van der Waals surface area contributed by atoms with Crippen LogP contribution in [0.25, 0.3) is 0 Å². The third-order valence-corrected chi connectivity index (χ3v) is 3.04. The summed E-state index contributed by atoms with van der Waals surface area (Å²) < 4.78 is 18.0. The van der Waals surface area contributed by atoms with Crippen LogP contribution in [0, 0.1) is 15.9 Å². The van der Waals surface area contributed by atoms with Gasteiger partial charge in [0, 0.05) is 16.8 Å². The van der Waals surface area contributed by atoms with Gasteiger partial charge in [0.2, 0.25) is 5.82 Å². The van der Waals surface area contributed by atoms with Crippen LogP contribution in [0.1, 0.15) is 10.4 Å². The summed E-state index contributed by atoms with van der Waals surface area (Å²) in [6, 6.07) is 7.77. The summed E-state index contributed by atoms with van der Waals surface area (Å²) in [7, 11) is 1.22. The van der Waals surface area contributed by atoms with Crippen LogP contribution in [-0.2, 0) is 4.74 Å². The number of hydrogen-bond donors (Lipinski definition) is 1. The number of nitrogens with one attached hydrogen (secondary N) is 1. The first-order chi connectivity index (χ1) is 10.4. The fraction of sp³-hybridized carbons (Fsp3) is 0.0714. The highest BCUT2D eigenvalue weighted by Gasteiger charge is 2.17. The molecule has 8 heteroatoms. The minimum Gasteiger partial charge on any atom is -0.465 e. The molecule has 0 aliphatic carbocycles. The van der Waals surface area contributed by atoms with E-state index < -0.39 is 22.4 Å². The van der Waals surface area contributed by atoms with Gasteiger partial charge in [0.1, 0.15) is 0 Å². The van der Waals surface area contributed by atoms with Gasteiger partial charge < -0.3 is 10.1 Å². The molecule has 0 unspecified atom stereocenters. The Bertz CT molecular complexity index is 752. The molecular formula is C14H10ClFN2O4. The number of carbonyl (C=O) groups is 1. The molecule has 2 rings (SSSR count). The van der Waals surface area contributed by atoms with Gasteiger partial charge >= 0.3 is 11.7 Å². The maximum absolute atomic E-state index is 13.3. The van der Waals surface area contributed by atoms with Crippen molar-refractivity contribution in [3.63, 3.8) is 0 Å². The number of rotatable bonds is 4. The van der Waals surface area contributed by atoms with E-state index in [4.69, 9.17) is 11.6 Å². The number of ether oxygens (including phenoxy) is 1. The number of methoxy groups -OCH3 is 1. The van der Waals surface area contributed by atoms with Gasteiger partial charge in [-0.15, -0.1) is 0 Å². The summed E-state index contributed by atoms with van der Waals surface area (Å²) in [4.78, 5) is 21.6. The van der Waals surface area contributed by atoms with Gasteiger partial charge in [-0.05, 0) is 30.3 Å². The Labute approximate surface area is 129 Å². The molecule has 0 saturated heterocycles. The smallest absolute Gasteiger partial charge is 0.340 e. The average Bonchev–Trinajstić information content (AvgIpc) is 2.49. The van der Waals surface area contributed by atoms with Gasteiger partial charge in [0.25, 0.3) is 0 Å². The summed E-state index contributed by atoms with van der Waals surface area (Å²) in [6.07, 6.45) is 0. The van der Waals surface area contributed by atoms with Crippen molar-refractivity contribution in [2.75, 3.05) is 12.4 Å². The molecule has 1 N–H and O–H groups in total. The van der Waals surface area contributed by atoms with Crippen molar-refractivity contribution in [2.45, 2.75) is 0 Å². The van der Waals surface area contributed by atoms with Crippen LogP contribution in [0.4, 0.5) is 21.5 Å². The third-order valence-electron chi connectivity index (χ3n) is 2.81. The lowest BCUT2D eigenvalue weighted by atomic mass is 10.1. The highest BCUT2D eigenvalue weighted by Crippen LogP contribution is 2.28. The predicted octanol–water partition coefficient (Wildman–Crippen LogP) is 3.92. The summed E-state index contributed by atoms with van der Waals surface area (Å²) in [5.74, 6) is -1.57. The van der Waals surface area contributed by atoms with Crippen LogP contribution < -0.4 is 5.32 Å². The van der Waals surface area contributed by atoms with E-state index in [-0.39, 0.29) is 11.3 Å². The van der Waals surface area contributed by atoms with E-state index in [9.17, 15) is 19.3 Å². The van der Waals surface area contributed by atoms with Gasteiger partial charge in [-0.1, -0.05) is 11.6 Å². The number of carbonyl (C=O) groups excluding carboxylic acids is 1. The molecule has 0 bridgehead atoms. The molecule has 6 nitrogen and oxygen atoms in total. The standard InChI is InChI=1S/C14H10ClFN2O4/c1-22-14(19)10-6-8(15)2-5-12(10)17-9-3-4-11(16)13(7-9)18(20)21/h2-7,17H,1H3. The number of nitro groups is 1. The second-order valence-electron chi connectivity index (χ2n) is 4.23. The Morgan fingerprint density at radius 2 is 2.05 bits per heavy atom. The Kier molecular flexibility index (Phi) is 4.57. The van der Waals surface area contributed by atoms with Crippen molar-refractivity contribution in [3.8, 4) is 0 Å². The fourth-order valence-corrected chi connectivity index (χ4v) is 1.96. The SMILES string of the molecule is COC(=O)c1cc(Cl)ccc1Nc1ccc(F)c([N+](=O)[O-])c1. The Hall–Kier alpha value is -2.67. The summed E-state index contributed by atoms with van der Waals surface area (Å²) in [5.41, 5.74) is 0.0679. The highest BCUT2D eigenvalue weighted by molar-refractivity contribution is 6.31. The van der Waals surface area contributed by atoms with Crippen molar-refractivity contribution in [1.82, 2.24) is 0 Å². The molecule has 0 spiro atoms. The van der Waals surface area contributed by atoms with Crippen molar-refractivity contribution in [2.24, 2.45) is 0 Å². The van der Waals surface area contributed by atoms with Crippen LogP contribution in [-0.4, -0.2) is 18.0 Å². The van der Waals surface area contributed by atoms with Crippen LogP contribution in [0.15, 0.2) is 36.4 Å². The fourth-order valence-electron chi connectivity index (χ4n) is 1.79. The van der Waals surface area contributed by atoms with E-state index >= 15 is 0 Å². The van der Waals surface area contributed by atoms with Crippen LogP contribution >= 0.6 is 11.6 Å². The summed E-state index contributed by atoms with van der Waals surface area (Å²) >= 11 is 5.83. The number of anilines is 2. The van der Waals surface area contributed by atoms with Gasteiger partial charge in [-0.25, -0.2) is 4.79 Å². The van der Waals surface area contributed by atoms with E-state index in [2.05, 4.69) is 10.1 Å². The zero-order chi connectivity index (χ0) is 16.3. The Morgan fingerprint density at radius 3 is 2.68 bits per heavy atom. The molecule has 0 aromatic heterocycles. The molecule has 0 saturated carbocycles. The molecule has 0 fully saturated rings. The number of nitro benzene ring substituents is 1. The van der Waals surface area contributed by atoms with Crippen molar-refractivity contribution < 1.29 is 18.8 Å². The largest absolute Gasteiger partial charge is 0.465 e. The lowest BCUT2D eigenvalue weighted by molar-refractivity contribution is -0.387. The molecule has 0 atom stereocenters. The Balaban J connectivity index is 2.41. The second kappa shape index (κ2) is 6.40. The first-order valence-corrected chi connectivity index (χ1v) is 6.39. The van der Waals surface area contributed by atoms with Gasteiger partial charge in [0.05, 0.1) is 23.3 Å².